The molecule has 2 N–H and O–H groups in total. The van der Waals surface area contributed by atoms with E-state index >= 15 is 0 Å². The Morgan fingerprint density at radius 1 is 1.23 bits per heavy atom. The van der Waals surface area contributed by atoms with Crippen molar-refractivity contribution in [3.8, 4) is 5.75 Å². The first-order valence-electron chi connectivity index (χ1n) is 7.84. The molecule has 0 aliphatic carbocycles. The summed E-state index contributed by atoms with van der Waals surface area (Å²) in [6.07, 6.45) is 3.78. The van der Waals surface area contributed by atoms with Crippen LogP contribution in [0.25, 0.3) is 6.08 Å². The van der Waals surface area contributed by atoms with E-state index in [1.807, 2.05) is 18.4 Å². The zero-order valence-electron chi connectivity index (χ0n) is 14.1. The van der Waals surface area contributed by atoms with Crippen LogP contribution in [-0.2, 0) is 9.59 Å². The van der Waals surface area contributed by atoms with E-state index in [0.717, 1.165) is 10.4 Å². The molecule has 1 aromatic carbocycles. The SMILES string of the molecule is Cc1ccsc1/C=C/C(=O)NNC(=O)CCCOc1ccc(Cl)cc1Cl. The molecule has 26 heavy (non-hydrogen) atoms. The van der Waals surface area contributed by atoms with Gasteiger partial charge in [0.05, 0.1) is 11.6 Å². The molecular formula is C18H18Cl2N2O3S. The molecule has 0 unspecified atom stereocenters. The molecular weight excluding hydrogens is 395 g/mol. The first kappa shape index (κ1) is 20.3. The molecule has 1 aromatic heterocycles. The zero-order valence-corrected chi connectivity index (χ0v) is 16.4. The number of halogens is 2. The monoisotopic (exact) mass is 412 g/mol. The molecule has 8 heteroatoms. The number of ether oxygens (including phenoxy) is 1. The predicted molar refractivity (Wildman–Crippen MR) is 106 cm³/mol. The van der Waals surface area contributed by atoms with Crippen LogP contribution < -0.4 is 15.6 Å². The molecule has 0 aliphatic heterocycles. The number of rotatable bonds is 7. The van der Waals surface area contributed by atoms with Crippen LogP contribution in [0.5, 0.6) is 5.75 Å². The summed E-state index contributed by atoms with van der Waals surface area (Å²) in [5.41, 5.74) is 5.80. The number of nitrogens with one attached hydrogen (secondary N) is 2. The van der Waals surface area contributed by atoms with Crippen molar-refractivity contribution < 1.29 is 14.3 Å². The summed E-state index contributed by atoms with van der Waals surface area (Å²) < 4.78 is 5.49. The fourth-order valence-corrected chi connectivity index (χ4v) is 3.23. The van der Waals surface area contributed by atoms with Crippen LogP contribution in [0, 0.1) is 6.92 Å². The Bertz CT molecular complexity index is 805. The van der Waals surface area contributed by atoms with Crippen LogP contribution in [0.3, 0.4) is 0 Å². The van der Waals surface area contributed by atoms with Gasteiger partial charge in [0, 0.05) is 22.4 Å². The number of carbonyl (C=O) groups excluding carboxylic acids is 2. The van der Waals surface area contributed by atoms with E-state index < -0.39 is 5.91 Å². The molecule has 0 aliphatic rings. The summed E-state index contributed by atoms with van der Waals surface area (Å²) in [5, 5.41) is 2.90. The van der Waals surface area contributed by atoms with Gasteiger partial charge in [0.25, 0.3) is 5.91 Å². The van der Waals surface area contributed by atoms with Gasteiger partial charge in [-0.15, -0.1) is 11.3 Å². The number of amides is 2. The molecule has 0 atom stereocenters. The normalized spacial score (nSPS) is 10.7. The van der Waals surface area contributed by atoms with Crippen LogP contribution in [-0.4, -0.2) is 18.4 Å². The fourth-order valence-electron chi connectivity index (χ4n) is 1.95. The van der Waals surface area contributed by atoms with Crippen molar-refractivity contribution >= 4 is 52.4 Å². The summed E-state index contributed by atoms with van der Waals surface area (Å²) in [6, 6.07) is 6.91. The number of hydrogen-bond acceptors (Lipinski definition) is 4. The van der Waals surface area contributed by atoms with E-state index in [1.165, 1.54) is 6.08 Å². The van der Waals surface area contributed by atoms with Crippen molar-refractivity contribution in [1.82, 2.24) is 10.9 Å². The summed E-state index contributed by atoms with van der Waals surface area (Å²) >= 11 is 13.3. The Hall–Kier alpha value is -2.02. The molecule has 0 spiro atoms. The molecule has 0 radical (unpaired) electrons. The van der Waals surface area contributed by atoms with Gasteiger partial charge in [-0.05, 0) is 54.6 Å². The van der Waals surface area contributed by atoms with Crippen molar-refractivity contribution in [2.45, 2.75) is 19.8 Å². The van der Waals surface area contributed by atoms with E-state index in [4.69, 9.17) is 27.9 Å². The number of aryl methyl sites for hydroxylation is 1. The van der Waals surface area contributed by atoms with Crippen molar-refractivity contribution in [1.29, 1.82) is 0 Å². The first-order chi connectivity index (χ1) is 12.5. The second-order valence-electron chi connectivity index (χ2n) is 5.37. The lowest BCUT2D eigenvalue weighted by Crippen LogP contribution is -2.40. The highest BCUT2D eigenvalue weighted by molar-refractivity contribution is 7.11. The number of thiophene rings is 1. The minimum absolute atomic E-state index is 0.208. The van der Waals surface area contributed by atoms with Crippen molar-refractivity contribution in [2.75, 3.05) is 6.61 Å². The maximum Gasteiger partial charge on any atom is 0.262 e. The molecule has 0 bridgehead atoms. The molecule has 0 saturated heterocycles. The third-order valence-electron chi connectivity index (χ3n) is 3.31. The summed E-state index contributed by atoms with van der Waals surface area (Å²) in [4.78, 5) is 24.4. The van der Waals surface area contributed by atoms with Gasteiger partial charge in [-0.3, -0.25) is 20.4 Å². The maximum atomic E-state index is 11.7. The third-order valence-corrected chi connectivity index (χ3v) is 4.83. The maximum absolute atomic E-state index is 11.7. The number of benzene rings is 1. The Labute approximate surface area is 165 Å². The highest BCUT2D eigenvalue weighted by Gasteiger charge is 2.05. The molecule has 138 valence electrons. The minimum Gasteiger partial charge on any atom is -0.492 e. The lowest BCUT2D eigenvalue weighted by Gasteiger charge is -2.08. The number of carbonyl (C=O) groups is 2. The zero-order chi connectivity index (χ0) is 18.9. The second kappa shape index (κ2) is 10.2. The van der Waals surface area contributed by atoms with Crippen molar-refractivity contribution in [2.24, 2.45) is 0 Å². The van der Waals surface area contributed by atoms with E-state index in [2.05, 4.69) is 10.9 Å². The average molecular weight is 413 g/mol. The minimum atomic E-state index is -0.393. The van der Waals surface area contributed by atoms with Gasteiger partial charge < -0.3 is 4.74 Å². The van der Waals surface area contributed by atoms with Gasteiger partial charge in [-0.2, -0.15) is 0 Å². The average Bonchev–Trinajstić information content (AvgIpc) is 3.01. The molecule has 0 fully saturated rings. The van der Waals surface area contributed by atoms with Gasteiger partial charge in [-0.25, -0.2) is 0 Å². The Morgan fingerprint density at radius 2 is 2.04 bits per heavy atom. The summed E-state index contributed by atoms with van der Waals surface area (Å²) in [5.74, 6) is -0.181. The van der Waals surface area contributed by atoms with Crippen LogP contribution in [0.2, 0.25) is 10.0 Å². The second-order valence-corrected chi connectivity index (χ2v) is 7.16. The van der Waals surface area contributed by atoms with Gasteiger partial charge in [0.1, 0.15) is 5.75 Å². The smallest absolute Gasteiger partial charge is 0.262 e. The highest BCUT2D eigenvalue weighted by Crippen LogP contribution is 2.27. The van der Waals surface area contributed by atoms with E-state index in [-0.39, 0.29) is 12.3 Å². The molecule has 2 amide bonds. The summed E-state index contributed by atoms with van der Waals surface area (Å²) in [7, 11) is 0. The fraction of sp³-hybridized carbons (Fsp3) is 0.222. The van der Waals surface area contributed by atoms with E-state index in [0.29, 0.717) is 28.8 Å². The lowest BCUT2D eigenvalue weighted by molar-refractivity contribution is -0.126. The topological polar surface area (TPSA) is 67.4 Å². The van der Waals surface area contributed by atoms with Gasteiger partial charge in [-0.1, -0.05) is 23.2 Å². The van der Waals surface area contributed by atoms with Crippen molar-refractivity contribution in [3.63, 3.8) is 0 Å². The van der Waals surface area contributed by atoms with Crippen LogP contribution in [0.1, 0.15) is 23.3 Å². The Morgan fingerprint density at radius 3 is 2.73 bits per heavy atom. The van der Waals surface area contributed by atoms with E-state index in [9.17, 15) is 9.59 Å². The number of hydrogen-bond donors (Lipinski definition) is 2. The Balaban J connectivity index is 1.63. The first-order valence-corrected chi connectivity index (χ1v) is 9.48. The van der Waals surface area contributed by atoms with Gasteiger partial charge >= 0.3 is 0 Å². The number of hydrazine groups is 1. The Kier molecular flexibility index (Phi) is 7.97. The molecule has 0 saturated carbocycles. The molecule has 1 heterocycles. The lowest BCUT2D eigenvalue weighted by atomic mass is 10.3. The molecule has 2 aromatic rings. The van der Waals surface area contributed by atoms with E-state index in [1.54, 1.807) is 35.6 Å². The molecule has 5 nitrogen and oxygen atoms in total. The highest BCUT2D eigenvalue weighted by atomic mass is 35.5. The van der Waals surface area contributed by atoms with Crippen molar-refractivity contribution in [3.05, 3.63) is 56.2 Å². The van der Waals surface area contributed by atoms with Gasteiger partial charge in [0.2, 0.25) is 5.91 Å². The van der Waals surface area contributed by atoms with Crippen LogP contribution in [0.15, 0.2) is 35.7 Å². The van der Waals surface area contributed by atoms with Gasteiger partial charge in [0.15, 0.2) is 0 Å². The van der Waals surface area contributed by atoms with Crippen LogP contribution in [0.4, 0.5) is 0 Å². The summed E-state index contributed by atoms with van der Waals surface area (Å²) in [6.45, 7) is 2.29. The third kappa shape index (κ3) is 6.71. The molecule has 2 rings (SSSR count). The predicted octanol–water partition coefficient (Wildman–Crippen LogP) is 4.38. The van der Waals surface area contributed by atoms with Crippen LogP contribution >= 0.6 is 34.5 Å². The standard InChI is InChI=1S/C18H18Cl2N2O3S/c1-12-8-10-26-16(12)6-7-18(24)22-21-17(23)3-2-9-25-15-5-4-13(19)11-14(15)20/h4-8,10-11H,2-3,9H2,1H3,(H,21,23)(H,22,24)/b7-6+. The quantitative estimate of drug-likeness (QED) is 0.402. The largest absolute Gasteiger partial charge is 0.492 e.